The second-order valence-electron chi connectivity index (χ2n) is 5.70. The van der Waals surface area contributed by atoms with Crippen LogP contribution in [0.3, 0.4) is 0 Å². The van der Waals surface area contributed by atoms with Gasteiger partial charge in [0.05, 0.1) is 12.8 Å². The number of ether oxygens (including phenoxy) is 2. The molecule has 1 aliphatic heterocycles. The minimum absolute atomic E-state index is 0.0167. The number of nitrogens with zero attached hydrogens (tertiary/aromatic N) is 1. The molecule has 0 saturated heterocycles. The zero-order chi connectivity index (χ0) is 17.8. The Morgan fingerprint density at radius 1 is 1.24 bits per heavy atom. The molecule has 0 radical (unpaired) electrons. The van der Waals surface area contributed by atoms with E-state index in [4.69, 9.17) is 9.47 Å². The summed E-state index contributed by atoms with van der Waals surface area (Å²) >= 11 is 0. The van der Waals surface area contributed by atoms with E-state index in [2.05, 4.69) is 5.32 Å². The second-order valence-corrected chi connectivity index (χ2v) is 5.70. The van der Waals surface area contributed by atoms with Gasteiger partial charge in [0.1, 0.15) is 11.5 Å². The molecule has 1 aliphatic rings. The first-order chi connectivity index (χ1) is 12.1. The first kappa shape index (κ1) is 16.8. The molecular weight excluding hydrogens is 320 g/mol. The number of fused-ring (bicyclic) bond motifs is 1. The van der Waals surface area contributed by atoms with Crippen molar-refractivity contribution in [2.75, 3.05) is 30.5 Å². The lowest BCUT2D eigenvalue weighted by Gasteiger charge is -2.29. The Hall–Kier alpha value is -3.02. The predicted octanol–water partition coefficient (Wildman–Crippen LogP) is 3.08. The van der Waals surface area contributed by atoms with Gasteiger partial charge in [-0.2, -0.15) is 0 Å². The summed E-state index contributed by atoms with van der Waals surface area (Å²) < 4.78 is 10.6. The van der Waals surface area contributed by atoms with E-state index in [9.17, 15) is 9.59 Å². The summed E-state index contributed by atoms with van der Waals surface area (Å²) in [6.45, 7) is 2.68. The van der Waals surface area contributed by atoms with Crippen LogP contribution < -0.4 is 19.7 Å². The van der Waals surface area contributed by atoms with Gasteiger partial charge in [-0.05, 0) is 42.8 Å². The van der Waals surface area contributed by atoms with Gasteiger partial charge in [0.2, 0.25) is 0 Å². The van der Waals surface area contributed by atoms with Gasteiger partial charge >= 0.3 is 0 Å². The van der Waals surface area contributed by atoms with E-state index in [1.807, 2.05) is 6.92 Å². The molecule has 130 valence electrons. The van der Waals surface area contributed by atoms with Gasteiger partial charge in [0.15, 0.2) is 6.61 Å². The highest BCUT2D eigenvalue weighted by Crippen LogP contribution is 2.34. The monoisotopic (exact) mass is 340 g/mol. The number of benzene rings is 2. The lowest BCUT2D eigenvalue weighted by atomic mass is 10.1. The van der Waals surface area contributed by atoms with Crippen LogP contribution in [0.25, 0.3) is 0 Å². The van der Waals surface area contributed by atoms with Gasteiger partial charge in [-0.1, -0.05) is 6.92 Å². The molecule has 0 aromatic heterocycles. The fraction of sp³-hybridized carbons (Fsp3) is 0.263. The maximum Gasteiger partial charge on any atom is 0.265 e. The number of nitrogens with one attached hydrogen (secondary N) is 1. The first-order valence-corrected chi connectivity index (χ1v) is 8.15. The molecule has 0 aliphatic carbocycles. The van der Waals surface area contributed by atoms with E-state index >= 15 is 0 Å². The third kappa shape index (κ3) is 3.57. The number of carbonyl (C=O) groups excluding carboxylic acids is 2. The molecule has 0 bridgehead atoms. The molecule has 0 saturated carbocycles. The van der Waals surface area contributed by atoms with Gasteiger partial charge in [0.25, 0.3) is 11.8 Å². The SMILES string of the molecule is CCCN1C(=O)COc2cc(NC(=O)c3ccc(OC)cc3)ccc21. The Morgan fingerprint density at radius 3 is 2.68 bits per heavy atom. The van der Waals surface area contributed by atoms with Gasteiger partial charge in [-0.3, -0.25) is 9.59 Å². The van der Waals surface area contributed by atoms with Crippen molar-refractivity contribution in [1.82, 2.24) is 0 Å². The number of rotatable bonds is 5. The second kappa shape index (κ2) is 7.25. The normalized spacial score (nSPS) is 13.0. The van der Waals surface area contributed by atoms with Crippen LogP contribution in [0.1, 0.15) is 23.7 Å². The molecular formula is C19H20N2O4. The standard InChI is InChI=1S/C19H20N2O4/c1-3-10-21-16-9-6-14(11-17(16)25-12-18(21)22)20-19(23)13-4-7-15(24-2)8-5-13/h4-9,11H,3,10,12H2,1-2H3,(H,20,23). The zero-order valence-corrected chi connectivity index (χ0v) is 14.2. The van der Waals surface area contributed by atoms with Gasteiger partial charge in [-0.25, -0.2) is 0 Å². The highest BCUT2D eigenvalue weighted by molar-refractivity contribution is 6.05. The van der Waals surface area contributed by atoms with Crippen LogP contribution in [-0.4, -0.2) is 32.1 Å². The predicted molar refractivity (Wildman–Crippen MR) is 95.5 cm³/mol. The molecule has 2 aromatic rings. The molecule has 0 spiro atoms. The minimum atomic E-state index is -0.222. The molecule has 0 unspecified atom stereocenters. The summed E-state index contributed by atoms with van der Waals surface area (Å²) in [5.74, 6) is 1.02. The maximum atomic E-state index is 12.3. The average molecular weight is 340 g/mol. The summed E-state index contributed by atoms with van der Waals surface area (Å²) in [5.41, 5.74) is 1.88. The lowest BCUT2D eigenvalue weighted by Crippen LogP contribution is -2.39. The summed E-state index contributed by atoms with van der Waals surface area (Å²) in [5, 5.41) is 2.84. The summed E-state index contributed by atoms with van der Waals surface area (Å²) in [4.78, 5) is 26.0. The zero-order valence-electron chi connectivity index (χ0n) is 14.2. The molecule has 25 heavy (non-hydrogen) atoms. The molecule has 2 amide bonds. The van der Waals surface area contributed by atoms with Crippen LogP contribution in [-0.2, 0) is 4.79 Å². The van der Waals surface area contributed by atoms with E-state index in [1.54, 1.807) is 54.5 Å². The number of hydrogen-bond acceptors (Lipinski definition) is 4. The fourth-order valence-corrected chi connectivity index (χ4v) is 2.70. The molecule has 6 nitrogen and oxygen atoms in total. The average Bonchev–Trinajstić information content (AvgIpc) is 2.64. The third-order valence-corrected chi connectivity index (χ3v) is 3.96. The van der Waals surface area contributed by atoms with Crippen molar-refractivity contribution in [3.63, 3.8) is 0 Å². The molecule has 0 fully saturated rings. The Kier molecular flexibility index (Phi) is 4.88. The van der Waals surface area contributed by atoms with Crippen LogP contribution in [0.2, 0.25) is 0 Å². The minimum Gasteiger partial charge on any atom is -0.497 e. The van der Waals surface area contributed by atoms with E-state index in [0.717, 1.165) is 12.1 Å². The number of hydrogen-bond donors (Lipinski definition) is 1. The Labute approximate surface area is 146 Å². The fourth-order valence-electron chi connectivity index (χ4n) is 2.70. The van der Waals surface area contributed by atoms with E-state index in [-0.39, 0.29) is 18.4 Å². The van der Waals surface area contributed by atoms with Crippen molar-refractivity contribution in [2.24, 2.45) is 0 Å². The van der Waals surface area contributed by atoms with Crippen molar-refractivity contribution in [3.8, 4) is 11.5 Å². The smallest absolute Gasteiger partial charge is 0.265 e. The molecule has 2 aromatic carbocycles. The van der Waals surface area contributed by atoms with Crippen molar-refractivity contribution < 1.29 is 19.1 Å². The molecule has 0 atom stereocenters. The first-order valence-electron chi connectivity index (χ1n) is 8.15. The van der Waals surface area contributed by atoms with Gasteiger partial charge < -0.3 is 19.7 Å². The molecule has 3 rings (SSSR count). The van der Waals surface area contributed by atoms with Gasteiger partial charge in [-0.15, -0.1) is 0 Å². The molecule has 6 heteroatoms. The number of methoxy groups -OCH3 is 1. The Bertz CT molecular complexity index is 787. The largest absolute Gasteiger partial charge is 0.497 e. The summed E-state index contributed by atoms with van der Waals surface area (Å²) in [7, 11) is 1.58. The Balaban J connectivity index is 1.77. The topological polar surface area (TPSA) is 67.9 Å². The molecule has 1 heterocycles. The van der Waals surface area contributed by atoms with E-state index in [1.165, 1.54) is 0 Å². The quantitative estimate of drug-likeness (QED) is 0.908. The number of anilines is 2. The highest BCUT2D eigenvalue weighted by atomic mass is 16.5. The summed E-state index contributed by atoms with van der Waals surface area (Å²) in [6, 6.07) is 12.2. The number of amides is 2. The highest BCUT2D eigenvalue weighted by Gasteiger charge is 2.25. The molecule has 1 N–H and O–H groups in total. The van der Waals surface area contributed by atoms with Crippen LogP contribution in [0.15, 0.2) is 42.5 Å². The van der Waals surface area contributed by atoms with Crippen molar-refractivity contribution >= 4 is 23.2 Å². The van der Waals surface area contributed by atoms with Crippen LogP contribution in [0.5, 0.6) is 11.5 Å². The lowest BCUT2D eigenvalue weighted by molar-refractivity contribution is -0.121. The summed E-state index contributed by atoms with van der Waals surface area (Å²) in [6.07, 6.45) is 0.862. The van der Waals surface area contributed by atoms with Crippen molar-refractivity contribution in [1.29, 1.82) is 0 Å². The van der Waals surface area contributed by atoms with Crippen LogP contribution >= 0.6 is 0 Å². The van der Waals surface area contributed by atoms with Crippen LogP contribution in [0, 0.1) is 0 Å². The number of carbonyl (C=O) groups is 2. The van der Waals surface area contributed by atoms with E-state index in [0.29, 0.717) is 29.3 Å². The van der Waals surface area contributed by atoms with E-state index < -0.39 is 0 Å². The van der Waals surface area contributed by atoms with Crippen LogP contribution in [0.4, 0.5) is 11.4 Å². The van der Waals surface area contributed by atoms with Gasteiger partial charge in [0, 0.05) is 23.9 Å². The third-order valence-electron chi connectivity index (χ3n) is 3.96. The van der Waals surface area contributed by atoms with Crippen molar-refractivity contribution in [2.45, 2.75) is 13.3 Å². The Morgan fingerprint density at radius 2 is 2.00 bits per heavy atom. The van der Waals surface area contributed by atoms with Crippen molar-refractivity contribution in [3.05, 3.63) is 48.0 Å². The maximum absolute atomic E-state index is 12.3.